The van der Waals surface area contributed by atoms with Crippen molar-refractivity contribution in [3.8, 4) is 0 Å². The maximum atomic E-state index is 9.98. The van der Waals surface area contributed by atoms with Crippen molar-refractivity contribution in [3.05, 3.63) is 70.8 Å². The minimum atomic E-state index is -0.200. The quantitative estimate of drug-likeness (QED) is 0.925. The summed E-state index contributed by atoms with van der Waals surface area (Å²) in [6.07, 6.45) is 3.40. The summed E-state index contributed by atoms with van der Waals surface area (Å²) in [5.74, 6) is 0. The van der Waals surface area contributed by atoms with Crippen LogP contribution in [0, 0.1) is 13.8 Å². The van der Waals surface area contributed by atoms with Gasteiger partial charge in [0.1, 0.15) is 0 Å². The average Bonchev–Trinajstić information content (AvgIpc) is 2.56. The molecule has 1 N–H and O–H groups in total. The molecule has 0 aliphatic carbocycles. The molecule has 1 heterocycles. The average molecular weight is 295 g/mol. The molecule has 0 atom stereocenters. The second-order valence-corrected chi connectivity index (χ2v) is 6.45. The van der Waals surface area contributed by atoms with Gasteiger partial charge in [0.05, 0.1) is 12.3 Å². The Morgan fingerprint density at radius 3 is 1.82 bits per heavy atom. The Labute approximate surface area is 133 Å². The molecule has 0 saturated carbocycles. The summed E-state index contributed by atoms with van der Waals surface area (Å²) in [5.41, 5.74) is 4.92. The lowest BCUT2D eigenvalue weighted by Gasteiger charge is -2.47. The van der Waals surface area contributed by atoms with E-state index in [1.54, 1.807) is 0 Å². The fourth-order valence-corrected chi connectivity index (χ4v) is 3.70. The maximum absolute atomic E-state index is 9.98. The fourth-order valence-electron chi connectivity index (χ4n) is 3.70. The first-order valence-electron chi connectivity index (χ1n) is 8.17. The highest BCUT2D eigenvalue weighted by molar-refractivity contribution is 5.41. The van der Waals surface area contributed by atoms with Gasteiger partial charge in [0.15, 0.2) is 0 Å². The summed E-state index contributed by atoms with van der Waals surface area (Å²) in [6, 6.07) is 17.6. The Kier molecular flexibility index (Phi) is 4.32. The molecule has 1 saturated heterocycles. The van der Waals surface area contributed by atoms with Crippen LogP contribution in [0.4, 0.5) is 0 Å². The highest BCUT2D eigenvalue weighted by Gasteiger charge is 2.41. The van der Waals surface area contributed by atoms with Crippen LogP contribution in [0.5, 0.6) is 0 Å². The molecule has 116 valence electrons. The van der Waals surface area contributed by atoms with Crippen molar-refractivity contribution >= 4 is 0 Å². The van der Waals surface area contributed by atoms with Gasteiger partial charge in [-0.05, 0) is 44.2 Å². The zero-order valence-corrected chi connectivity index (χ0v) is 13.5. The van der Waals surface area contributed by atoms with E-state index in [9.17, 15) is 5.11 Å². The van der Waals surface area contributed by atoms with Crippen molar-refractivity contribution in [3.63, 3.8) is 0 Å². The number of hydrogen-bond donors (Lipinski definition) is 1. The Hall–Kier alpha value is -1.64. The maximum Gasteiger partial charge on any atom is 0.0966 e. The molecular formula is C20H25NO. The van der Waals surface area contributed by atoms with Gasteiger partial charge < -0.3 is 5.11 Å². The Balaban J connectivity index is 2.16. The van der Waals surface area contributed by atoms with Gasteiger partial charge >= 0.3 is 0 Å². The predicted molar refractivity (Wildman–Crippen MR) is 90.8 cm³/mol. The first-order valence-corrected chi connectivity index (χ1v) is 8.17. The normalized spacial score (nSPS) is 18.3. The number of benzene rings is 2. The zero-order valence-electron chi connectivity index (χ0n) is 13.5. The van der Waals surface area contributed by atoms with Gasteiger partial charge in [-0.25, -0.2) is 0 Å². The molecule has 0 radical (unpaired) electrons. The second-order valence-electron chi connectivity index (χ2n) is 6.45. The molecular weight excluding hydrogens is 270 g/mol. The third-order valence-electron chi connectivity index (χ3n) is 4.99. The third-order valence-corrected chi connectivity index (χ3v) is 4.99. The van der Waals surface area contributed by atoms with Gasteiger partial charge in [0, 0.05) is 6.54 Å². The molecule has 0 aromatic heterocycles. The summed E-state index contributed by atoms with van der Waals surface area (Å²) >= 11 is 0. The topological polar surface area (TPSA) is 23.5 Å². The predicted octanol–water partition coefficient (Wildman–Crippen LogP) is 3.98. The van der Waals surface area contributed by atoms with E-state index in [-0.39, 0.29) is 12.3 Å². The van der Waals surface area contributed by atoms with Gasteiger partial charge in [0.25, 0.3) is 0 Å². The summed E-state index contributed by atoms with van der Waals surface area (Å²) in [7, 11) is 0. The minimum Gasteiger partial charge on any atom is -0.381 e. The van der Waals surface area contributed by atoms with E-state index < -0.39 is 0 Å². The fraction of sp³-hybridized carbons (Fsp3) is 0.400. The molecule has 0 bridgehead atoms. The Bertz CT molecular complexity index is 570. The summed E-state index contributed by atoms with van der Waals surface area (Å²) in [5, 5.41) is 9.98. The highest BCUT2D eigenvalue weighted by atomic mass is 16.3. The molecule has 1 aliphatic rings. The first-order chi connectivity index (χ1) is 10.7. The summed E-state index contributed by atoms with van der Waals surface area (Å²) < 4.78 is 0. The number of nitrogens with zero attached hydrogens (tertiary/aromatic N) is 1. The lowest BCUT2D eigenvalue weighted by molar-refractivity contribution is -0.00240. The van der Waals surface area contributed by atoms with Gasteiger partial charge in [-0.3, -0.25) is 4.90 Å². The van der Waals surface area contributed by atoms with Crippen LogP contribution in [0.2, 0.25) is 0 Å². The van der Waals surface area contributed by atoms with Crippen molar-refractivity contribution in [2.75, 3.05) is 13.3 Å². The van der Waals surface area contributed by atoms with E-state index in [1.165, 1.54) is 28.7 Å². The van der Waals surface area contributed by atoms with E-state index >= 15 is 0 Å². The smallest absolute Gasteiger partial charge is 0.0966 e. The molecule has 2 nitrogen and oxygen atoms in total. The van der Waals surface area contributed by atoms with Crippen LogP contribution in [0.1, 0.15) is 41.5 Å². The van der Waals surface area contributed by atoms with E-state index in [2.05, 4.69) is 67.3 Å². The minimum absolute atomic E-state index is 0.0990. The molecule has 0 amide bonds. The molecule has 2 heteroatoms. The van der Waals surface area contributed by atoms with Gasteiger partial charge in [-0.1, -0.05) is 59.7 Å². The van der Waals surface area contributed by atoms with Crippen LogP contribution in [0.3, 0.4) is 0 Å². The number of hydrogen-bond acceptors (Lipinski definition) is 2. The number of aryl methyl sites for hydroxylation is 2. The summed E-state index contributed by atoms with van der Waals surface area (Å²) in [4.78, 5) is 2.23. The third kappa shape index (κ3) is 2.57. The first kappa shape index (κ1) is 15.3. The molecule has 2 aromatic rings. The number of piperidine rings is 1. The number of rotatable bonds is 3. The van der Waals surface area contributed by atoms with Crippen LogP contribution in [0.25, 0.3) is 0 Å². The zero-order chi connectivity index (χ0) is 15.6. The summed E-state index contributed by atoms with van der Waals surface area (Å²) in [6.45, 7) is 5.28. The molecule has 1 aliphatic heterocycles. The molecule has 0 spiro atoms. The van der Waals surface area contributed by atoms with Gasteiger partial charge in [0.2, 0.25) is 0 Å². The Morgan fingerprint density at radius 2 is 1.36 bits per heavy atom. The van der Waals surface area contributed by atoms with Crippen molar-refractivity contribution < 1.29 is 5.11 Å². The molecule has 3 rings (SSSR count). The van der Waals surface area contributed by atoms with E-state index in [1.807, 2.05) is 0 Å². The highest BCUT2D eigenvalue weighted by Crippen LogP contribution is 2.43. The number of aliphatic hydroxyl groups is 1. The van der Waals surface area contributed by atoms with E-state index in [0.717, 1.165) is 19.4 Å². The van der Waals surface area contributed by atoms with Crippen molar-refractivity contribution in [1.82, 2.24) is 4.90 Å². The molecule has 0 unspecified atom stereocenters. The van der Waals surface area contributed by atoms with Crippen LogP contribution >= 0.6 is 0 Å². The van der Waals surface area contributed by atoms with E-state index in [0.29, 0.717) is 0 Å². The SMILES string of the molecule is Cc1ccc(C2(c3ccc(C)cc3)CCCCN2CO)cc1. The van der Waals surface area contributed by atoms with E-state index in [4.69, 9.17) is 0 Å². The standard InChI is InChI=1S/C20H25NO/c1-16-5-9-18(10-6-16)20(13-3-4-14-21(20)15-22)19-11-7-17(2)8-12-19/h5-12,22H,3-4,13-15H2,1-2H3. The lowest BCUT2D eigenvalue weighted by atomic mass is 9.75. The van der Waals surface area contributed by atoms with Crippen molar-refractivity contribution in [1.29, 1.82) is 0 Å². The molecule has 1 fully saturated rings. The largest absolute Gasteiger partial charge is 0.381 e. The molecule has 2 aromatic carbocycles. The van der Waals surface area contributed by atoms with Crippen LogP contribution in [0.15, 0.2) is 48.5 Å². The van der Waals surface area contributed by atoms with Gasteiger partial charge in [-0.2, -0.15) is 0 Å². The van der Waals surface area contributed by atoms with Crippen LogP contribution < -0.4 is 0 Å². The van der Waals surface area contributed by atoms with Gasteiger partial charge in [-0.15, -0.1) is 0 Å². The Morgan fingerprint density at radius 1 is 0.864 bits per heavy atom. The second kappa shape index (κ2) is 6.23. The number of aliphatic hydroxyl groups excluding tert-OH is 1. The van der Waals surface area contributed by atoms with Crippen molar-refractivity contribution in [2.45, 2.75) is 38.6 Å². The molecule has 22 heavy (non-hydrogen) atoms. The van der Waals surface area contributed by atoms with Crippen molar-refractivity contribution in [2.24, 2.45) is 0 Å². The monoisotopic (exact) mass is 295 g/mol. The van der Waals surface area contributed by atoms with Crippen LogP contribution in [-0.4, -0.2) is 23.3 Å². The lowest BCUT2D eigenvalue weighted by Crippen LogP contribution is -2.50. The van der Waals surface area contributed by atoms with Crippen LogP contribution in [-0.2, 0) is 5.54 Å². The number of likely N-dealkylation sites (tertiary alicyclic amines) is 1.